The van der Waals surface area contributed by atoms with Crippen molar-refractivity contribution < 1.29 is 9.90 Å². The summed E-state index contributed by atoms with van der Waals surface area (Å²) in [5.41, 5.74) is 0. The second kappa shape index (κ2) is 4.16. The number of aliphatic carboxylic acids is 1. The van der Waals surface area contributed by atoms with E-state index in [1.807, 2.05) is 0 Å². The van der Waals surface area contributed by atoms with Crippen LogP contribution in [0.1, 0.15) is 32.1 Å². The lowest BCUT2D eigenvalue weighted by atomic mass is 9.90. The first-order valence-electron chi connectivity index (χ1n) is 4.16. The molecule has 62 valence electrons. The summed E-state index contributed by atoms with van der Waals surface area (Å²) < 4.78 is 0. The van der Waals surface area contributed by atoms with E-state index in [1.54, 1.807) is 0 Å². The van der Waals surface area contributed by atoms with Crippen molar-refractivity contribution in [3.8, 4) is 0 Å². The molecule has 1 N–H and O–H groups in total. The molecule has 0 saturated carbocycles. The largest absolute Gasteiger partial charge is 0.481 e. The van der Waals surface area contributed by atoms with Gasteiger partial charge in [-0.3, -0.25) is 4.79 Å². The third-order valence-electron chi connectivity index (χ3n) is 2.14. The number of hydrogen-bond donors (Lipinski definition) is 1. The molecule has 0 aromatic carbocycles. The van der Waals surface area contributed by atoms with Crippen molar-refractivity contribution in [2.24, 2.45) is 5.92 Å². The van der Waals surface area contributed by atoms with E-state index in [2.05, 4.69) is 12.2 Å². The molecule has 0 radical (unpaired) electrons. The molecule has 2 heteroatoms. The molecule has 1 aliphatic rings. The van der Waals surface area contributed by atoms with Crippen LogP contribution in [0.15, 0.2) is 12.2 Å². The minimum Gasteiger partial charge on any atom is -0.481 e. The monoisotopic (exact) mass is 154 g/mol. The number of carboxylic acids is 1. The smallest absolute Gasteiger partial charge is 0.303 e. The molecule has 0 aromatic heterocycles. The summed E-state index contributed by atoms with van der Waals surface area (Å²) in [5.74, 6) is -0.0457. The van der Waals surface area contributed by atoms with Crippen LogP contribution in [0.4, 0.5) is 0 Å². The zero-order valence-electron chi connectivity index (χ0n) is 6.62. The summed E-state index contributed by atoms with van der Waals surface area (Å²) in [7, 11) is 0. The minimum absolute atomic E-state index is 0.332. The van der Waals surface area contributed by atoms with E-state index >= 15 is 0 Å². The maximum Gasteiger partial charge on any atom is 0.303 e. The Morgan fingerprint density at radius 2 is 2.36 bits per heavy atom. The van der Waals surface area contributed by atoms with Gasteiger partial charge in [-0.2, -0.15) is 0 Å². The molecule has 1 rings (SSSR count). The Balaban J connectivity index is 2.16. The second-order valence-corrected chi connectivity index (χ2v) is 3.08. The Morgan fingerprint density at radius 3 is 2.91 bits per heavy atom. The third-order valence-corrected chi connectivity index (χ3v) is 2.14. The summed E-state index contributed by atoms with van der Waals surface area (Å²) in [6.45, 7) is 0. The van der Waals surface area contributed by atoms with Crippen LogP contribution >= 0.6 is 0 Å². The van der Waals surface area contributed by atoms with Crippen LogP contribution < -0.4 is 0 Å². The van der Waals surface area contributed by atoms with E-state index < -0.39 is 5.97 Å². The molecule has 1 unspecified atom stereocenters. The van der Waals surface area contributed by atoms with Gasteiger partial charge in [-0.25, -0.2) is 0 Å². The van der Waals surface area contributed by atoms with Crippen molar-refractivity contribution >= 4 is 5.97 Å². The van der Waals surface area contributed by atoms with Gasteiger partial charge in [0.05, 0.1) is 0 Å². The Bertz CT molecular complexity index is 161. The molecule has 1 atom stereocenters. The van der Waals surface area contributed by atoms with Crippen LogP contribution in [-0.4, -0.2) is 11.1 Å². The quantitative estimate of drug-likeness (QED) is 0.633. The fourth-order valence-corrected chi connectivity index (χ4v) is 1.45. The lowest BCUT2D eigenvalue weighted by molar-refractivity contribution is -0.137. The van der Waals surface area contributed by atoms with Gasteiger partial charge >= 0.3 is 5.97 Å². The van der Waals surface area contributed by atoms with Crippen LogP contribution in [0.25, 0.3) is 0 Å². The first-order valence-corrected chi connectivity index (χ1v) is 4.16. The number of hydrogen-bond acceptors (Lipinski definition) is 1. The lowest BCUT2D eigenvalue weighted by Crippen LogP contribution is -2.05. The summed E-state index contributed by atoms with van der Waals surface area (Å²) >= 11 is 0. The average Bonchev–Trinajstić information content (AvgIpc) is 2.03. The maximum absolute atomic E-state index is 10.2. The van der Waals surface area contributed by atoms with Gasteiger partial charge in [0, 0.05) is 6.42 Å². The SMILES string of the molecule is O=C(O)CCC1CC=CCC1. The van der Waals surface area contributed by atoms with Crippen molar-refractivity contribution in [1.29, 1.82) is 0 Å². The Kier molecular flexibility index (Phi) is 3.14. The lowest BCUT2D eigenvalue weighted by Gasteiger charge is -2.15. The maximum atomic E-state index is 10.2. The normalized spacial score (nSPS) is 23.5. The molecule has 0 fully saturated rings. The molecule has 0 saturated heterocycles. The third kappa shape index (κ3) is 3.21. The van der Waals surface area contributed by atoms with Crippen LogP contribution in [0.3, 0.4) is 0 Å². The first kappa shape index (κ1) is 8.31. The van der Waals surface area contributed by atoms with Gasteiger partial charge in [-0.15, -0.1) is 0 Å². The fourth-order valence-electron chi connectivity index (χ4n) is 1.45. The first-order chi connectivity index (χ1) is 5.29. The Labute approximate surface area is 66.9 Å². The fraction of sp³-hybridized carbons (Fsp3) is 0.667. The zero-order valence-corrected chi connectivity index (χ0v) is 6.62. The van der Waals surface area contributed by atoms with Crippen LogP contribution in [0, 0.1) is 5.92 Å². The van der Waals surface area contributed by atoms with Crippen molar-refractivity contribution in [2.45, 2.75) is 32.1 Å². The summed E-state index contributed by atoms with van der Waals surface area (Å²) in [6.07, 6.45) is 8.90. The van der Waals surface area contributed by atoms with Crippen molar-refractivity contribution in [3.05, 3.63) is 12.2 Å². The van der Waals surface area contributed by atoms with Gasteiger partial charge in [0.25, 0.3) is 0 Å². The highest BCUT2D eigenvalue weighted by atomic mass is 16.4. The minimum atomic E-state index is -0.667. The Hall–Kier alpha value is -0.790. The van der Waals surface area contributed by atoms with Gasteiger partial charge < -0.3 is 5.11 Å². The summed E-state index contributed by atoms with van der Waals surface area (Å²) in [5, 5.41) is 8.43. The van der Waals surface area contributed by atoms with E-state index in [4.69, 9.17) is 5.11 Å². The second-order valence-electron chi connectivity index (χ2n) is 3.08. The van der Waals surface area contributed by atoms with Gasteiger partial charge in [0.2, 0.25) is 0 Å². The highest BCUT2D eigenvalue weighted by molar-refractivity contribution is 5.66. The predicted octanol–water partition coefficient (Wildman–Crippen LogP) is 2.21. The van der Waals surface area contributed by atoms with Gasteiger partial charge in [0.15, 0.2) is 0 Å². The van der Waals surface area contributed by atoms with Crippen LogP contribution in [0.2, 0.25) is 0 Å². The van der Waals surface area contributed by atoms with E-state index in [0.29, 0.717) is 12.3 Å². The highest BCUT2D eigenvalue weighted by Gasteiger charge is 2.10. The van der Waals surface area contributed by atoms with E-state index in [9.17, 15) is 4.79 Å². The molecular formula is C9H14O2. The van der Waals surface area contributed by atoms with E-state index in [-0.39, 0.29) is 0 Å². The topological polar surface area (TPSA) is 37.3 Å². The molecule has 0 aliphatic heterocycles. The van der Waals surface area contributed by atoms with Crippen molar-refractivity contribution in [2.75, 3.05) is 0 Å². The standard InChI is InChI=1S/C9H14O2/c10-9(11)7-6-8-4-2-1-3-5-8/h1-2,8H,3-7H2,(H,10,11). The molecule has 1 aliphatic carbocycles. The molecule has 0 spiro atoms. The molecule has 0 aromatic rings. The highest BCUT2D eigenvalue weighted by Crippen LogP contribution is 2.22. The number of carbonyl (C=O) groups is 1. The van der Waals surface area contributed by atoms with Crippen LogP contribution in [-0.2, 0) is 4.79 Å². The summed E-state index contributed by atoms with van der Waals surface area (Å²) in [4.78, 5) is 10.2. The zero-order chi connectivity index (χ0) is 8.10. The molecular weight excluding hydrogens is 140 g/mol. The number of rotatable bonds is 3. The molecule has 0 amide bonds. The van der Waals surface area contributed by atoms with Gasteiger partial charge in [-0.05, 0) is 31.6 Å². The van der Waals surface area contributed by atoms with Crippen molar-refractivity contribution in [1.82, 2.24) is 0 Å². The summed E-state index contributed by atoms with van der Waals surface area (Å²) in [6, 6.07) is 0. The van der Waals surface area contributed by atoms with E-state index in [1.165, 1.54) is 6.42 Å². The molecule has 2 nitrogen and oxygen atoms in total. The van der Waals surface area contributed by atoms with Gasteiger partial charge in [-0.1, -0.05) is 12.2 Å². The molecule has 0 bridgehead atoms. The van der Waals surface area contributed by atoms with Gasteiger partial charge in [0.1, 0.15) is 0 Å². The van der Waals surface area contributed by atoms with E-state index in [0.717, 1.165) is 19.3 Å². The molecule has 11 heavy (non-hydrogen) atoms. The number of allylic oxidation sites excluding steroid dienone is 2. The average molecular weight is 154 g/mol. The predicted molar refractivity (Wildman–Crippen MR) is 43.4 cm³/mol. The Morgan fingerprint density at radius 1 is 1.55 bits per heavy atom. The van der Waals surface area contributed by atoms with Crippen LogP contribution in [0.5, 0.6) is 0 Å². The number of carboxylic acid groups (broad SMARTS) is 1. The van der Waals surface area contributed by atoms with Crippen molar-refractivity contribution in [3.63, 3.8) is 0 Å². The molecule has 0 heterocycles.